The standard InChI is InChI=1S/C57H35N5S/c1-3-13-36(14-4-1)48-35-49(37-15-5-2-6-16-37)60-57(59-48)62-51-22-10-8-20-44(51)46-32-39(25-28-52(46)62)41-24-27-45-43-19-7-9-21-50(43)61(53(45)34-41)42-18-11-17-38(31-42)40-26-29-54-47(33-40)56-55(63-54)23-12-30-58-56/h1-35H. The van der Waals surface area contributed by atoms with Gasteiger partial charge in [0, 0.05) is 54.6 Å². The highest BCUT2D eigenvalue weighted by Gasteiger charge is 2.19. The number of hydrogen-bond acceptors (Lipinski definition) is 4. The smallest absolute Gasteiger partial charge is 0.235 e. The summed E-state index contributed by atoms with van der Waals surface area (Å²) in [5, 5.41) is 5.95. The number of hydrogen-bond donors (Lipinski definition) is 0. The molecule has 294 valence electrons. The molecule has 0 radical (unpaired) electrons. The Hall–Kier alpha value is -8.19. The van der Waals surface area contributed by atoms with E-state index in [0.717, 1.165) is 72.2 Å². The highest BCUT2D eigenvalue weighted by molar-refractivity contribution is 7.25. The SMILES string of the molecule is c1ccc(-c2cc(-c3ccccc3)nc(-n3c4ccccc4c4cc(-c5ccc6c7ccccc7n(-c7cccc(-c8ccc9sc%10cccnc%10c9c8)c7)c6c5)ccc43)n2)cc1. The highest BCUT2D eigenvalue weighted by atomic mass is 32.1. The van der Waals surface area contributed by atoms with Crippen LogP contribution in [0.3, 0.4) is 0 Å². The van der Waals surface area contributed by atoms with Gasteiger partial charge >= 0.3 is 0 Å². The van der Waals surface area contributed by atoms with Gasteiger partial charge in [-0.3, -0.25) is 9.55 Å². The third kappa shape index (κ3) is 5.80. The Kier molecular flexibility index (Phi) is 8.01. The van der Waals surface area contributed by atoms with Crippen LogP contribution in [0.2, 0.25) is 0 Å². The second-order valence-electron chi connectivity index (χ2n) is 16.1. The predicted octanol–water partition coefficient (Wildman–Crippen LogP) is 15.1. The van der Waals surface area contributed by atoms with Crippen LogP contribution < -0.4 is 0 Å². The molecule has 5 nitrogen and oxygen atoms in total. The Morgan fingerprint density at radius 3 is 1.67 bits per heavy atom. The molecule has 0 saturated heterocycles. The van der Waals surface area contributed by atoms with E-state index in [-0.39, 0.29) is 0 Å². The summed E-state index contributed by atoms with van der Waals surface area (Å²) in [6.07, 6.45) is 1.89. The van der Waals surface area contributed by atoms with E-state index in [1.54, 1.807) is 11.3 Å². The Morgan fingerprint density at radius 1 is 0.333 bits per heavy atom. The first kappa shape index (κ1) is 35.6. The lowest BCUT2D eigenvalue weighted by Crippen LogP contribution is -2.03. The fourth-order valence-electron chi connectivity index (χ4n) is 9.45. The Labute approximate surface area is 366 Å². The molecule has 0 atom stereocenters. The molecule has 0 unspecified atom stereocenters. The summed E-state index contributed by atoms with van der Waals surface area (Å²) >= 11 is 1.80. The molecule has 13 rings (SSSR count). The normalized spacial score (nSPS) is 11.8. The molecule has 0 bridgehead atoms. The van der Waals surface area contributed by atoms with Gasteiger partial charge in [0.1, 0.15) is 0 Å². The molecule has 63 heavy (non-hydrogen) atoms. The van der Waals surface area contributed by atoms with Crippen LogP contribution in [0.1, 0.15) is 0 Å². The van der Waals surface area contributed by atoms with Crippen molar-refractivity contribution in [1.82, 2.24) is 24.1 Å². The van der Waals surface area contributed by atoms with Crippen molar-refractivity contribution in [3.63, 3.8) is 0 Å². The van der Waals surface area contributed by atoms with E-state index in [1.165, 1.54) is 42.2 Å². The van der Waals surface area contributed by atoms with Crippen LogP contribution >= 0.6 is 11.3 Å². The zero-order chi connectivity index (χ0) is 41.4. The lowest BCUT2D eigenvalue weighted by molar-refractivity contribution is 0.995. The average molecular weight is 822 g/mol. The largest absolute Gasteiger partial charge is 0.309 e. The van der Waals surface area contributed by atoms with Crippen molar-refractivity contribution in [1.29, 1.82) is 0 Å². The van der Waals surface area contributed by atoms with E-state index in [0.29, 0.717) is 5.95 Å². The van der Waals surface area contributed by atoms with E-state index >= 15 is 0 Å². The van der Waals surface area contributed by atoms with Crippen LogP contribution in [0.25, 0.3) is 120 Å². The van der Waals surface area contributed by atoms with Gasteiger partial charge in [0.2, 0.25) is 5.95 Å². The predicted molar refractivity (Wildman–Crippen MR) is 263 cm³/mol. The fourth-order valence-corrected chi connectivity index (χ4v) is 10.5. The van der Waals surface area contributed by atoms with Gasteiger partial charge < -0.3 is 4.57 Å². The van der Waals surface area contributed by atoms with Crippen LogP contribution in [-0.2, 0) is 0 Å². The minimum Gasteiger partial charge on any atom is -0.309 e. The van der Waals surface area contributed by atoms with Gasteiger partial charge in [0.25, 0.3) is 0 Å². The topological polar surface area (TPSA) is 48.5 Å². The number of aromatic nitrogens is 5. The summed E-state index contributed by atoms with van der Waals surface area (Å²) in [6.45, 7) is 0. The minimum atomic E-state index is 0.641. The molecular weight excluding hydrogens is 787 g/mol. The molecule has 8 aromatic carbocycles. The van der Waals surface area contributed by atoms with Gasteiger partial charge in [-0.2, -0.15) is 0 Å². The molecule has 5 heterocycles. The van der Waals surface area contributed by atoms with E-state index in [2.05, 4.69) is 197 Å². The molecule has 5 aromatic heterocycles. The van der Waals surface area contributed by atoms with Crippen LogP contribution in [0.4, 0.5) is 0 Å². The second kappa shape index (κ2) is 14.2. The number of rotatable bonds is 6. The first-order valence-corrected chi connectivity index (χ1v) is 22.0. The van der Waals surface area contributed by atoms with Crippen LogP contribution in [0.5, 0.6) is 0 Å². The summed E-state index contributed by atoms with van der Waals surface area (Å²) < 4.78 is 7.11. The first-order chi connectivity index (χ1) is 31.2. The van der Waals surface area contributed by atoms with Crippen molar-refractivity contribution in [3.05, 3.63) is 212 Å². The van der Waals surface area contributed by atoms with Gasteiger partial charge in [-0.05, 0) is 95.1 Å². The van der Waals surface area contributed by atoms with E-state index in [4.69, 9.17) is 15.0 Å². The van der Waals surface area contributed by atoms with Gasteiger partial charge in [0.15, 0.2) is 0 Å². The maximum atomic E-state index is 5.24. The highest BCUT2D eigenvalue weighted by Crippen LogP contribution is 2.40. The van der Waals surface area contributed by atoms with Gasteiger partial charge in [-0.15, -0.1) is 11.3 Å². The molecular formula is C57H35N5S. The summed E-state index contributed by atoms with van der Waals surface area (Å²) in [4.78, 5) is 15.2. The lowest BCUT2D eigenvalue weighted by atomic mass is 10.0. The first-order valence-electron chi connectivity index (χ1n) is 21.2. The molecule has 0 aliphatic rings. The number of thiophene rings is 1. The van der Waals surface area contributed by atoms with E-state index in [1.807, 2.05) is 24.4 Å². The number of fused-ring (bicyclic) bond motifs is 9. The lowest BCUT2D eigenvalue weighted by Gasteiger charge is -2.12. The summed E-state index contributed by atoms with van der Waals surface area (Å²) in [5.41, 5.74) is 15.1. The zero-order valence-corrected chi connectivity index (χ0v) is 34.7. The van der Waals surface area contributed by atoms with Gasteiger partial charge in [0.05, 0.1) is 43.7 Å². The van der Waals surface area contributed by atoms with Crippen LogP contribution in [-0.4, -0.2) is 24.1 Å². The van der Waals surface area contributed by atoms with Crippen molar-refractivity contribution in [3.8, 4) is 56.4 Å². The van der Waals surface area contributed by atoms with Crippen molar-refractivity contribution in [2.24, 2.45) is 0 Å². The molecule has 0 saturated carbocycles. The van der Waals surface area contributed by atoms with Crippen LogP contribution in [0, 0.1) is 0 Å². The summed E-state index contributed by atoms with van der Waals surface area (Å²) in [5.74, 6) is 0.641. The molecule has 0 N–H and O–H groups in total. The maximum Gasteiger partial charge on any atom is 0.235 e. The molecule has 0 aliphatic heterocycles. The molecule has 0 aliphatic carbocycles. The van der Waals surface area contributed by atoms with E-state index < -0.39 is 0 Å². The second-order valence-corrected chi connectivity index (χ2v) is 17.1. The minimum absolute atomic E-state index is 0.641. The van der Waals surface area contributed by atoms with Crippen LogP contribution in [0.15, 0.2) is 212 Å². The zero-order valence-electron chi connectivity index (χ0n) is 33.9. The molecule has 13 aromatic rings. The Balaban J connectivity index is 0.961. The average Bonchev–Trinajstić information content (AvgIpc) is 4.01. The van der Waals surface area contributed by atoms with Gasteiger partial charge in [-0.25, -0.2) is 9.97 Å². The number of benzene rings is 8. The van der Waals surface area contributed by atoms with Crippen molar-refractivity contribution in [2.75, 3.05) is 0 Å². The third-order valence-corrected chi connectivity index (χ3v) is 13.5. The Morgan fingerprint density at radius 2 is 0.905 bits per heavy atom. The van der Waals surface area contributed by atoms with Crippen molar-refractivity contribution < 1.29 is 0 Å². The molecule has 6 heteroatoms. The van der Waals surface area contributed by atoms with Crippen molar-refractivity contribution in [2.45, 2.75) is 0 Å². The van der Waals surface area contributed by atoms with E-state index in [9.17, 15) is 0 Å². The Bertz CT molecular complexity index is 3860. The maximum absolute atomic E-state index is 5.24. The monoisotopic (exact) mass is 821 g/mol. The quantitative estimate of drug-likeness (QED) is 0.168. The molecule has 0 amide bonds. The summed E-state index contributed by atoms with van der Waals surface area (Å²) in [6, 6.07) is 73.8. The number of nitrogens with zero attached hydrogens (tertiary/aromatic N) is 5. The molecule has 0 spiro atoms. The third-order valence-electron chi connectivity index (χ3n) is 12.4. The number of pyridine rings is 1. The van der Waals surface area contributed by atoms with Crippen molar-refractivity contribution >= 4 is 75.3 Å². The van der Waals surface area contributed by atoms with Gasteiger partial charge in [-0.1, -0.05) is 133 Å². The fraction of sp³-hybridized carbons (Fsp3) is 0. The summed E-state index contributed by atoms with van der Waals surface area (Å²) in [7, 11) is 0. The molecule has 0 fully saturated rings. The number of para-hydroxylation sites is 2.